The largest absolute Gasteiger partial charge is 0.478 e. The molecule has 0 bridgehead atoms. The van der Waals surface area contributed by atoms with Crippen LogP contribution in [0.3, 0.4) is 0 Å². The number of carbonyl (C=O) groups excluding carboxylic acids is 1. The van der Waals surface area contributed by atoms with Crippen molar-refractivity contribution < 1.29 is 19.4 Å². The highest BCUT2D eigenvalue weighted by molar-refractivity contribution is 6.31. The van der Waals surface area contributed by atoms with Crippen molar-refractivity contribution in [3.8, 4) is 11.1 Å². The lowest BCUT2D eigenvalue weighted by Gasteiger charge is -2.08. The number of hydrogen-bond acceptors (Lipinski definition) is 3. The lowest BCUT2D eigenvalue weighted by molar-refractivity contribution is 0.0526. The summed E-state index contributed by atoms with van der Waals surface area (Å²) in [6.45, 7) is 2.04. The monoisotopic (exact) mass is 304 g/mol. The van der Waals surface area contributed by atoms with Crippen LogP contribution in [0.4, 0.5) is 0 Å². The van der Waals surface area contributed by atoms with E-state index in [1.54, 1.807) is 37.3 Å². The molecule has 0 saturated heterocycles. The number of benzene rings is 2. The summed E-state index contributed by atoms with van der Waals surface area (Å²) < 4.78 is 4.90. The minimum atomic E-state index is -1.03. The van der Waals surface area contributed by atoms with Gasteiger partial charge in [0.25, 0.3) is 0 Å². The predicted molar refractivity (Wildman–Crippen MR) is 79.8 cm³/mol. The molecular formula is C16H13ClO4. The molecular weight excluding hydrogens is 292 g/mol. The van der Waals surface area contributed by atoms with Crippen molar-refractivity contribution in [2.75, 3.05) is 6.61 Å². The lowest BCUT2D eigenvalue weighted by Crippen LogP contribution is -2.04. The zero-order chi connectivity index (χ0) is 15.4. The number of carbonyl (C=O) groups is 2. The fourth-order valence-corrected chi connectivity index (χ4v) is 2.11. The van der Waals surface area contributed by atoms with E-state index in [2.05, 4.69) is 0 Å². The topological polar surface area (TPSA) is 63.6 Å². The third kappa shape index (κ3) is 3.41. The van der Waals surface area contributed by atoms with Crippen LogP contribution in [0.25, 0.3) is 11.1 Å². The fourth-order valence-electron chi connectivity index (χ4n) is 1.94. The quantitative estimate of drug-likeness (QED) is 0.871. The Bertz CT molecular complexity index is 677. The molecule has 0 aliphatic carbocycles. The first-order valence-electron chi connectivity index (χ1n) is 6.33. The average Bonchev–Trinajstić information content (AvgIpc) is 2.47. The summed E-state index contributed by atoms with van der Waals surface area (Å²) in [5.41, 5.74) is 1.75. The normalized spacial score (nSPS) is 10.2. The van der Waals surface area contributed by atoms with Crippen LogP contribution in [-0.4, -0.2) is 23.7 Å². The molecule has 5 heteroatoms. The van der Waals surface area contributed by atoms with E-state index >= 15 is 0 Å². The van der Waals surface area contributed by atoms with Crippen LogP contribution in [0.15, 0.2) is 42.5 Å². The van der Waals surface area contributed by atoms with Gasteiger partial charge in [0.05, 0.1) is 17.7 Å². The Hall–Kier alpha value is -2.33. The van der Waals surface area contributed by atoms with Gasteiger partial charge in [0, 0.05) is 5.02 Å². The van der Waals surface area contributed by atoms with E-state index in [4.69, 9.17) is 16.3 Å². The van der Waals surface area contributed by atoms with Crippen LogP contribution < -0.4 is 0 Å². The van der Waals surface area contributed by atoms with Gasteiger partial charge in [-0.15, -0.1) is 0 Å². The fraction of sp³-hybridized carbons (Fsp3) is 0.125. The molecule has 0 radical (unpaired) electrons. The van der Waals surface area contributed by atoms with Crippen molar-refractivity contribution in [3.05, 3.63) is 58.6 Å². The third-order valence-electron chi connectivity index (χ3n) is 2.92. The van der Waals surface area contributed by atoms with Crippen molar-refractivity contribution in [3.63, 3.8) is 0 Å². The summed E-state index contributed by atoms with van der Waals surface area (Å²) in [6, 6.07) is 11.1. The van der Waals surface area contributed by atoms with E-state index < -0.39 is 11.9 Å². The van der Waals surface area contributed by atoms with Crippen LogP contribution in [0.2, 0.25) is 5.02 Å². The van der Waals surface area contributed by atoms with Gasteiger partial charge in [0.15, 0.2) is 0 Å². The van der Waals surface area contributed by atoms with Crippen molar-refractivity contribution in [2.24, 2.45) is 0 Å². The first-order valence-corrected chi connectivity index (χ1v) is 6.71. The second kappa shape index (κ2) is 6.41. The smallest absolute Gasteiger partial charge is 0.338 e. The van der Waals surface area contributed by atoms with Crippen molar-refractivity contribution in [1.82, 2.24) is 0 Å². The second-order valence-electron chi connectivity index (χ2n) is 4.29. The van der Waals surface area contributed by atoms with Crippen LogP contribution in [0, 0.1) is 0 Å². The van der Waals surface area contributed by atoms with Gasteiger partial charge in [-0.1, -0.05) is 23.7 Å². The Kier molecular flexibility index (Phi) is 4.60. The molecule has 0 saturated carbocycles. The minimum Gasteiger partial charge on any atom is -0.478 e. The number of carboxylic acid groups (broad SMARTS) is 1. The summed E-state index contributed by atoms with van der Waals surface area (Å²) in [4.78, 5) is 22.8. The average molecular weight is 305 g/mol. The second-order valence-corrected chi connectivity index (χ2v) is 4.73. The predicted octanol–water partition coefficient (Wildman–Crippen LogP) is 3.88. The molecule has 1 N–H and O–H groups in total. The molecule has 0 aromatic heterocycles. The van der Waals surface area contributed by atoms with Gasteiger partial charge in [-0.05, 0) is 48.4 Å². The van der Waals surface area contributed by atoms with E-state index in [9.17, 15) is 14.7 Å². The SMILES string of the molecule is CCOC(=O)c1ccc(-c2cc(Cl)ccc2C(=O)O)cc1. The van der Waals surface area contributed by atoms with Gasteiger partial charge < -0.3 is 9.84 Å². The molecule has 0 amide bonds. The van der Waals surface area contributed by atoms with Gasteiger partial charge >= 0.3 is 11.9 Å². The molecule has 0 atom stereocenters. The Morgan fingerprint density at radius 2 is 1.81 bits per heavy atom. The van der Waals surface area contributed by atoms with E-state index in [-0.39, 0.29) is 5.56 Å². The van der Waals surface area contributed by atoms with Crippen LogP contribution >= 0.6 is 11.6 Å². The zero-order valence-corrected chi connectivity index (χ0v) is 12.1. The molecule has 4 nitrogen and oxygen atoms in total. The molecule has 2 aromatic rings. The van der Waals surface area contributed by atoms with E-state index in [0.29, 0.717) is 28.3 Å². The molecule has 0 aliphatic rings. The Morgan fingerprint density at radius 3 is 2.38 bits per heavy atom. The summed E-state index contributed by atoms with van der Waals surface area (Å²) in [7, 11) is 0. The van der Waals surface area contributed by atoms with Crippen molar-refractivity contribution in [2.45, 2.75) is 6.92 Å². The standard InChI is InChI=1S/C16H13ClO4/c1-2-21-16(20)11-5-3-10(4-6-11)14-9-12(17)7-8-13(14)15(18)19/h3-9H,2H2,1H3,(H,18,19). The molecule has 108 valence electrons. The molecule has 2 rings (SSSR count). The molecule has 21 heavy (non-hydrogen) atoms. The summed E-state index contributed by atoms with van der Waals surface area (Å²) >= 11 is 5.93. The summed E-state index contributed by atoms with van der Waals surface area (Å²) in [5.74, 6) is -1.44. The highest BCUT2D eigenvalue weighted by Gasteiger charge is 2.13. The molecule has 0 spiro atoms. The minimum absolute atomic E-state index is 0.156. The summed E-state index contributed by atoms with van der Waals surface area (Å²) in [6.07, 6.45) is 0. The van der Waals surface area contributed by atoms with Gasteiger partial charge in [-0.2, -0.15) is 0 Å². The number of rotatable bonds is 4. The van der Waals surface area contributed by atoms with Crippen LogP contribution in [-0.2, 0) is 4.74 Å². The Morgan fingerprint density at radius 1 is 1.14 bits per heavy atom. The zero-order valence-electron chi connectivity index (χ0n) is 11.3. The van der Waals surface area contributed by atoms with Crippen LogP contribution in [0.5, 0.6) is 0 Å². The Labute approximate surface area is 126 Å². The first-order chi connectivity index (χ1) is 10.0. The maximum Gasteiger partial charge on any atom is 0.338 e. The number of hydrogen-bond donors (Lipinski definition) is 1. The number of halogens is 1. The van der Waals surface area contributed by atoms with Gasteiger partial charge in [-0.3, -0.25) is 0 Å². The van der Waals surface area contributed by atoms with Gasteiger partial charge in [0.1, 0.15) is 0 Å². The highest BCUT2D eigenvalue weighted by Crippen LogP contribution is 2.27. The van der Waals surface area contributed by atoms with E-state index in [1.807, 2.05) is 0 Å². The third-order valence-corrected chi connectivity index (χ3v) is 3.15. The molecule has 0 heterocycles. The molecule has 0 fully saturated rings. The van der Waals surface area contributed by atoms with E-state index in [0.717, 1.165) is 0 Å². The molecule has 0 unspecified atom stereocenters. The first kappa shape index (κ1) is 15.1. The molecule has 2 aromatic carbocycles. The lowest BCUT2D eigenvalue weighted by atomic mass is 9.99. The number of aromatic carboxylic acids is 1. The Balaban J connectivity index is 2.41. The number of carboxylic acids is 1. The summed E-state index contributed by atoms with van der Waals surface area (Å²) in [5, 5.41) is 9.66. The maximum absolute atomic E-state index is 11.6. The number of ether oxygens (including phenoxy) is 1. The number of esters is 1. The van der Waals surface area contributed by atoms with Gasteiger partial charge in [-0.25, -0.2) is 9.59 Å². The van der Waals surface area contributed by atoms with E-state index in [1.165, 1.54) is 12.1 Å². The highest BCUT2D eigenvalue weighted by atomic mass is 35.5. The van der Waals surface area contributed by atoms with Crippen LogP contribution in [0.1, 0.15) is 27.6 Å². The molecule has 0 aliphatic heterocycles. The van der Waals surface area contributed by atoms with Crippen molar-refractivity contribution >= 4 is 23.5 Å². The maximum atomic E-state index is 11.6. The van der Waals surface area contributed by atoms with Gasteiger partial charge in [0.2, 0.25) is 0 Å². The van der Waals surface area contributed by atoms with Crippen molar-refractivity contribution in [1.29, 1.82) is 0 Å².